The molecule has 0 aliphatic heterocycles. The van der Waals surface area contributed by atoms with E-state index in [2.05, 4.69) is 5.32 Å². The van der Waals surface area contributed by atoms with Crippen molar-refractivity contribution in [2.24, 2.45) is 0 Å². The average Bonchev–Trinajstić information content (AvgIpc) is 1.80. The van der Waals surface area contributed by atoms with Crippen molar-refractivity contribution in [3.63, 3.8) is 0 Å². The van der Waals surface area contributed by atoms with Crippen molar-refractivity contribution >= 4 is 10.4 Å². The fourth-order valence-electron chi connectivity index (χ4n) is 0.501. The molecule has 0 amide bonds. The fraction of sp³-hybridized carbons (Fsp3) is 1.00. The van der Waals surface area contributed by atoms with Gasteiger partial charge in [-0.2, -0.15) is 8.42 Å². The summed E-state index contributed by atoms with van der Waals surface area (Å²) in [4.78, 5) is 0. The average molecular weight is 231 g/mol. The molecular weight excluding hydrogens is 214 g/mol. The fourth-order valence-corrected chi connectivity index (χ4v) is 0.501. The third kappa shape index (κ3) is 41.1. The summed E-state index contributed by atoms with van der Waals surface area (Å²) in [5.41, 5.74) is 0. The summed E-state index contributed by atoms with van der Waals surface area (Å²) >= 11 is 0. The summed E-state index contributed by atoms with van der Waals surface area (Å²) in [7, 11) is -4.67. The Kier molecular flexibility index (Phi) is 9.36. The Balaban J connectivity index is 0. The van der Waals surface area contributed by atoms with E-state index < -0.39 is 10.4 Å². The second-order valence-corrected chi connectivity index (χ2v) is 3.70. The minimum atomic E-state index is -4.67. The minimum Gasteiger partial charge on any atom is -0.392 e. The molecule has 0 spiro atoms. The molecule has 0 rings (SSSR count). The third-order valence-electron chi connectivity index (χ3n) is 0.879. The van der Waals surface area contributed by atoms with E-state index in [1.165, 1.54) is 0 Å². The maximum atomic E-state index is 8.74. The van der Waals surface area contributed by atoms with Crippen LogP contribution in [0.2, 0.25) is 0 Å². The lowest BCUT2D eigenvalue weighted by Gasteiger charge is -2.07. The zero-order valence-electron chi connectivity index (χ0n) is 8.08. The standard InChI is InChI=1S/C6H15NO2.H2O4S/c1-5(8)3-7-4-6(2)9;1-5(2,3)4/h5-9H,3-4H2,1-2H3;(H2,1,2,3,4). The highest BCUT2D eigenvalue weighted by molar-refractivity contribution is 7.79. The molecule has 0 saturated heterocycles. The highest BCUT2D eigenvalue weighted by Gasteiger charge is 1.96. The highest BCUT2D eigenvalue weighted by atomic mass is 32.3. The third-order valence-corrected chi connectivity index (χ3v) is 0.879. The van der Waals surface area contributed by atoms with Crippen molar-refractivity contribution in [3.8, 4) is 0 Å². The number of hydrogen-bond acceptors (Lipinski definition) is 5. The highest BCUT2D eigenvalue weighted by Crippen LogP contribution is 1.77. The molecule has 8 heteroatoms. The van der Waals surface area contributed by atoms with Gasteiger partial charge in [-0.25, -0.2) is 0 Å². The number of nitrogens with one attached hydrogen (secondary N) is 1. The molecule has 0 fully saturated rings. The van der Waals surface area contributed by atoms with Crippen molar-refractivity contribution in [2.75, 3.05) is 13.1 Å². The Morgan fingerprint density at radius 1 is 1.07 bits per heavy atom. The summed E-state index contributed by atoms with van der Waals surface area (Å²) in [6.45, 7) is 4.50. The van der Waals surface area contributed by atoms with Gasteiger partial charge in [0.05, 0.1) is 12.2 Å². The molecular formula is C6H17NO6S. The van der Waals surface area contributed by atoms with Crippen LogP contribution in [0.25, 0.3) is 0 Å². The van der Waals surface area contributed by atoms with Crippen LogP contribution in [0.1, 0.15) is 13.8 Å². The van der Waals surface area contributed by atoms with Crippen LogP contribution in [-0.4, -0.2) is 53.0 Å². The largest absolute Gasteiger partial charge is 0.394 e. The van der Waals surface area contributed by atoms with Crippen LogP contribution < -0.4 is 5.32 Å². The number of rotatable bonds is 4. The van der Waals surface area contributed by atoms with Crippen molar-refractivity contribution in [3.05, 3.63) is 0 Å². The molecule has 88 valence electrons. The smallest absolute Gasteiger partial charge is 0.392 e. The van der Waals surface area contributed by atoms with E-state index >= 15 is 0 Å². The van der Waals surface area contributed by atoms with E-state index in [9.17, 15) is 0 Å². The Labute approximate surface area is 83.3 Å². The molecule has 7 nitrogen and oxygen atoms in total. The van der Waals surface area contributed by atoms with Crippen molar-refractivity contribution in [1.82, 2.24) is 5.32 Å². The van der Waals surface area contributed by atoms with E-state index in [0.29, 0.717) is 13.1 Å². The summed E-state index contributed by atoms with van der Waals surface area (Å²) in [5, 5.41) is 20.3. The lowest BCUT2D eigenvalue weighted by atomic mass is 10.3. The SMILES string of the molecule is CC(O)CNCC(C)O.O=S(=O)(O)O. The molecule has 0 aromatic rings. The Morgan fingerprint density at radius 2 is 1.29 bits per heavy atom. The minimum absolute atomic E-state index is 0.330. The summed E-state index contributed by atoms with van der Waals surface area (Å²) in [6.07, 6.45) is -0.660. The first-order valence-corrected chi connectivity index (χ1v) is 5.29. The van der Waals surface area contributed by atoms with Gasteiger partial charge in [-0.15, -0.1) is 0 Å². The number of hydrogen-bond donors (Lipinski definition) is 5. The second kappa shape index (κ2) is 8.09. The van der Waals surface area contributed by atoms with Gasteiger partial charge in [0.2, 0.25) is 0 Å². The molecule has 2 atom stereocenters. The van der Waals surface area contributed by atoms with E-state index in [-0.39, 0.29) is 12.2 Å². The van der Waals surface area contributed by atoms with Crippen LogP contribution in [0.15, 0.2) is 0 Å². The molecule has 0 aromatic carbocycles. The maximum absolute atomic E-state index is 8.74. The summed E-state index contributed by atoms with van der Waals surface area (Å²) < 4.78 is 31.6. The van der Waals surface area contributed by atoms with Gasteiger partial charge in [0, 0.05) is 13.1 Å². The van der Waals surface area contributed by atoms with Gasteiger partial charge in [-0.05, 0) is 13.8 Å². The van der Waals surface area contributed by atoms with Gasteiger partial charge in [0.1, 0.15) is 0 Å². The van der Waals surface area contributed by atoms with Crippen LogP contribution in [0.4, 0.5) is 0 Å². The van der Waals surface area contributed by atoms with Crippen molar-refractivity contribution in [1.29, 1.82) is 0 Å². The zero-order valence-corrected chi connectivity index (χ0v) is 8.90. The lowest BCUT2D eigenvalue weighted by molar-refractivity contribution is 0.164. The van der Waals surface area contributed by atoms with Crippen molar-refractivity contribution in [2.45, 2.75) is 26.1 Å². The maximum Gasteiger partial charge on any atom is 0.394 e. The Hall–Kier alpha value is -0.250. The van der Waals surface area contributed by atoms with Crippen LogP contribution >= 0.6 is 0 Å². The molecule has 0 bridgehead atoms. The van der Waals surface area contributed by atoms with E-state index in [1.54, 1.807) is 13.8 Å². The predicted molar refractivity (Wildman–Crippen MR) is 50.4 cm³/mol. The lowest BCUT2D eigenvalue weighted by Crippen LogP contribution is -2.30. The first-order chi connectivity index (χ1) is 6.13. The zero-order chi connectivity index (χ0) is 11.8. The number of aliphatic hydroxyl groups is 2. The van der Waals surface area contributed by atoms with Crippen LogP contribution in [-0.2, 0) is 10.4 Å². The van der Waals surface area contributed by atoms with E-state index in [4.69, 9.17) is 27.7 Å². The van der Waals surface area contributed by atoms with Crippen LogP contribution in [0, 0.1) is 0 Å². The van der Waals surface area contributed by atoms with Gasteiger partial charge < -0.3 is 15.5 Å². The van der Waals surface area contributed by atoms with Gasteiger partial charge in [0.25, 0.3) is 0 Å². The Morgan fingerprint density at radius 3 is 1.43 bits per heavy atom. The quantitative estimate of drug-likeness (QED) is 0.380. The van der Waals surface area contributed by atoms with E-state index in [0.717, 1.165) is 0 Å². The van der Waals surface area contributed by atoms with Gasteiger partial charge in [-0.3, -0.25) is 9.11 Å². The van der Waals surface area contributed by atoms with Crippen molar-refractivity contribution < 1.29 is 27.7 Å². The summed E-state index contributed by atoms with van der Waals surface area (Å²) in [5.74, 6) is 0. The van der Waals surface area contributed by atoms with Gasteiger partial charge in [-0.1, -0.05) is 0 Å². The topological polar surface area (TPSA) is 127 Å². The molecule has 5 N–H and O–H groups in total. The van der Waals surface area contributed by atoms with Gasteiger partial charge >= 0.3 is 10.4 Å². The molecule has 0 aromatic heterocycles. The molecule has 0 radical (unpaired) electrons. The predicted octanol–water partition coefficient (Wildman–Crippen LogP) is -1.32. The van der Waals surface area contributed by atoms with Crippen LogP contribution in [0.5, 0.6) is 0 Å². The summed E-state index contributed by atoms with van der Waals surface area (Å²) in [6, 6.07) is 0. The van der Waals surface area contributed by atoms with Gasteiger partial charge in [0.15, 0.2) is 0 Å². The second-order valence-electron chi connectivity index (χ2n) is 2.80. The first kappa shape index (κ1) is 16.2. The molecule has 0 heterocycles. The normalized spacial score (nSPS) is 15.3. The molecule has 0 aliphatic carbocycles. The number of aliphatic hydroxyl groups excluding tert-OH is 2. The molecule has 0 aliphatic rings. The molecule has 14 heavy (non-hydrogen) atoms. The molecule has 0 saturated carbocycles. The molecule has 2 unspecified atom stereocenters. The van der Waals surface area contributed by atoms with E-state index in [1.807, 2.05) is 0 Å². The Bertz CT molecular complexity index is 196. The monoisotopic (exact) mass is 231 g/mol. The first-order valence-electron chi connectivity index (χ1n) is 3.89. The van der Waals surface area contributed by atoms with Crippen LogP contribution in [0.3, 0.4) is 0 Å².